The van der Waals surface area contributed by atoms with Gasteiger partial charge in [0, 0.05) is 17.6 Å². The van der Waals surface area contributed by atoms with Crippen LogP contribution in [0.3, 0.4) is 0 Å². The van der Waals surface area contributed by atoms with Crippen molar-refractivity contribution in [1.29, 1.82) is 0 Å². The van der Waals surface area contributed by atoms with Crippen molar-refractivity contribution >= 4 is 5.91 Å². The fourth-order valence-corrected chi connectivity index (χ4v) is 3.60. The molecule has 5 nitrogen and oxygen atoms in total. The molecule has 0 N–H and O–H groups in total. The number of aryl methyl sites for hydroxylation is 1. The number of carbonyl (C=O) groups is 1. The normalized spacial score (nSPS) is 20.6. The van der Waals surface area contributed by atoms with E-state index in [2.05, 4.69) is 18.8 Å². The molecule has 0 saturated carbocycles. The van der Waals surface area contributed by atoms with Crippen LogP contribution in [0.2, 0.25) is 0 Å². The van der Waals surface area contributed by atoms with Crippen molar-refractivity contribution < 1.29 is 13.9 Å². The van der Waals surface area contributed by atoms with E-state index in [0.717, 1.165) is 29.8 Å². The van der Waals surface area contributed by atoms with Gasteiger partial charge in [-0.05, 0) is 64.3 Å². The van der Waals surface area contributed by atoms with Gasteiger partial charge in [-0.2, -0.15) is 0 Å². The van der Waals surface area contributed by atoms with Gasteiger partial charge in [0.05, 0.1) is 19.2 Å². The lowest BCUT2D eigenvalue weighted by Gasteiger charge is -2.39. The lowest BCUT2D eigenvalue weighted by molar-refractivity contribution is -0.136. The Morgan fingerprint density at radius 3 is 2.48 bits per heavy atom. The zero-order chi connectivity index (χ0) is 18.0. The molecule has 2 heterocycles. The van der Waals surface area contributed by atoms with Crippen molar-refractivity contribution in [2.75, 3.05) is 7.11 Å². The lowest BCUT2D eigenvalue weighted by Crippen LogP contribution is -2.48. The molecule has 0 radical (unpaired) electrons. The first kappa shape index (κ1) is 17.5. The molecule has 5 heteroatoms. The molecule has 0 aliphatic carbocycles. The Hall–Kier alpha value is -2.30. The molecule has 0 spiro atoms. The first-order chi connectivity index (χ1) is 12.0. The van der Waals surface area contributed by atoms with Gasteiger partial charge in [-0.15, -0.1) is 0 Å². The third kappa shape index (κ3) is 3.70. The van der Waals surface area contributed by atoms with Crippen LogP contribution in [0.4, 0.5) is 0 Å². The topological polar surface area (TPSA) is 55.6 Å². The smallest absolute Gasteiger partial charge is 0.229 e. The predicted molar refractivity (Wildman–Crippen MR) is 96.6 cm³/mol. The highest BCUT2D eigenvalue weighted by Gasteiger charge is 2.29. The van der Waals surface area contributed by atoms with Gasteiger partial charge in [0.25, 0.3) is 0 Å². The Bertz CT molecular complexity index is 726. The van der Waals surface area contributed by atoms with E-state index in [0.29, 0.717) is 30.2 Å². The van der Waals surface area contributed by atoms with E-state index in [4.69, 9.17) is 9.15 Å². The molecule has 0 bridgehead atoms. The number of piperidine rings is 1. The third-order valence-electron chi connectivity index (χ3n) is 5.03. The van der Waals surface area contributed by atoms with Gasteiger partial charge in [-0.3, -0.25) is 4.79 Å². The second-order valence-electron chi connectivity index (χ2n) is 6.86. The van der Waals surface area contributed by atoms with Gasteiger partial charge in [0.2, 0.25) is 11.8 Å². The van der Waals surface area contributed by atoms with Gasteiger partial charge in [-0.25, -0.2) is 4.98 Å². The van der Waals surface area contributed by atoms with Crippen molar-refractivity contribution in [3.05, 3.63) is 35.7 Å². The van der Waals surface area contributed by atoms with E-state index in [1.165, 1.54) is 6.42 Å². The van der Waals surface area contributed by atoms with Crippen LogP contribution in [0, 0.1) is 6.92 Å². The minimum atomic E-state index is 0.136. The number of methoxy groups -OCH3 is 1. The van der Waals surface area contributed by atoms with Crippen molar-refractivity contribution in [2.24, 2.45) is 0 Å². The molecule has 2 atom stereocenters. The summed E-state index contributed by atoms with van der Waals surface area (Å²) in [5.41, 5.74) is 1.60. The molecule has 134 valence electrons. The van der Waals surface area contributed by atoms with Gasteiger partial charge in [-0.1, -0.05) is 0 Å². The molecule has 1 aromatic heterocycles. The molecule has 1 saturated heterocycles. The number of ether oxygens (including phenoxy) is 1. The summed E-state index contributed by atoms with van der Waals surface area (Å²) in [5.74, 6) is 2.17. The highest BCUT2D eigenvalue weighted by atomic mass is 16.5. The van der Waals surface area contributed by atoms with Crippen LogP contribution in [0.1, 0.15) is 44.6 Å². The summed E-state index contributed by atoms with van der Waals surface area (Å²) in [7, 11) is 1.64. The van der Waals surface area contributed by atoms with E-state index in [1.807, 2.05) is 36.1 Å². The standard InChI is InChI=1S/C20H26N2O3/c1-13-6-5-7-14(2)22(13)19(23)12-18-15(3)25-20(21-18)16-8-10-17(24-4)11-9-16/h8-11,13-14H,5-7,12H2,1-4H3. The fraction of sp³-hybridized carbons (Fsp3) is 0.500. The summed E-state index contributed by atoms with van der Waals surface area (Å²) in [6.45, 7) is 6.13. The lowest BCUT2D eigenvalue weighted by atomic mass is 9.97. The number of amides is 1. The Labute approximate surface area is 149 Å². The van der Waals surface area contributed by atoms with E-state index in [-0.39, 0.29) is 5.91 Å². The summed E-state index contributed by atoms with van der Waals surface area (Å²) in [6, 6.07) is 8.15. The Balaban J connectivity index is 1.76. The molecule has 1 amide bonds. The maximum absolute atomic E-state index is 12.8. The summed E-state index contributed by atoms with van der Waals surface area (Å²) >= 11 is 0. The van der Waals surface area contributed by atoms with Crippen LogP contribution in [-0.4, -0.2) is 35.0 Å². The number of hydrogen-bond acceptors (Lipinski definition) is 4. The largest absolute Gasteiger partial charge is 0.497 e. The third-order valence-corrected chi connectivity index (χ3v) is 5.03. The van der Waals surface area contributed by atoms with Gasteiger partial charge >= 0.3 is 0 Å². The van der Waals surface area contributed by atoms with Gasteiger partial charge < -0.3 is 14.1 Å². The van der Waals surface area contributed by atoms with Crippen molar-refractivity contribution in [3.8, 4) is 17.2 Å². The molecule has 3 rings (SSSR count). The van der Waals surface area contributed by atoms with Crippen LogP contribution >= 0.6 is 0 Å². The van der Waals surface area contributed by atoms with E-state index in [9.17, 15) is 4.79 Å². The Kier molecular flexibility index (Phi) is 5.11. The number of benzene rings is 1. The van der Waals surface area contributed by atoms with E-state index >= 15 is 0 Å². The average molecular weight is 342 g/mol. The summed E-state index contributed by atoms with van der Waals surface area (Å²) < 4.78 is 11.0. The van der Waals surface area contributed by atoms with Crippen LogP contribution in [-0.2, 0) is 11.2 Å². The van der Waals surface area contributed by atoms with Gasteiger partial charge in [0.15, 0.2) is 0 Å². The van der Waals surface area contributed by atoms with Crippen molar-refractivity contribution in [3.63, 3.8) is 0 Å². The maximum Gasteiger partial charge on any atom is 0.229 e. The quantitative estimate of drug-likeness (QED) is 0.843. The number of likely N-dealkylation sites (tertiary alicyclic amines) is 1. The summed E-state index contributed by atoms with van der Waals surface area (Å²) in [6.07, 6.45) is 3.63. The number of oxazole rings is 1. The summed E-state index contributed by atoms with van der Waals surface area (Å²) in [5, 5.41) is 0. The zero-order valence-corrected chi connectivity index (χ0v) is 15.4. The zero-order valence-electron chi connectivity index (χ0n) is 15.4. The first-order valence-electron chi connectivity index (χ1n) is 8.91. The van der Waals surface area contributed by atoms with E-state index in [1.54, 1.807) is 7.11 Å². The maximum atomic E-state index is 12.8. The Morgan fingerprint density at radius 1 is 1.24 bits per heavy atom. The molecule has 1 aliphatic heterocycles. The van der Waals surface area contributed by atoms with Crippen LogP contribution in [0.15, 0.2) is 28.7 Å². The number of hydrogen-bond donors (Lipinski definition) is 0. The molecule has 25 heavy (non-hydrogen) atoms. The highest BCUT2D eigenvalue weighted by Crippen LogP contribution is 2.26. The molecular weight excluding hydrogens is 316 g/mol. The number of aromatic nitrogens is 1. The summed E-state index contributed by atoms with van der Waals surface area (Å²) in [4.78, 5) is 19.4. The van der Waals surface area contributed by atoms with Crippen LogP contribution < -0.4 is 4.74 Å². The average Bonchev–Trinajstić information content (AvgIpc) is 2.95. The molecule has 1 aliphatic rings. The molecule has 2 unspecified atom stereocenters. The highest BCUT2D eigenvalue weighted by molar-refractivity contribution is 5.79. The van der Waals surface area contributed by atoms with Crippen LogP contribution in [0.5, 0.6) is 5.75 Å². The molecule has 1 fully saturated rings. The molecule has 2 aromatic rings. The second kappa shape index (κ2) is 7.30. The molecular formula is C20H26N2O3. The Morgan fingerprint density at radius 2 is 1.88 bits per heavy atom. The predicted octanol–water partition coefficient (Wildman–Crippen LogP) is 3.99. The van der Waals surface area contributed by atoms with Crippen molar-refractivity contribution in [1.82, 2.24) is 9.88 Å². The van der Waals surface area contributed by atoms with Crippen LogP contribution in [0.25, 0.3) is 11.5 Å². The van der Waals surface area contributed by atoms with E-state index < -0.39 is 0 Å². The number of rotatable bonds is 4. The van der Waals surface area contributed by atoms with Gasteiger partial charge in [0.1, 0.15) is 11.5 Å². The SMILES string of the molecule is COc1ccc(-c2nc(CC(=O)N3C(C)CCCC3C)c(C)o2)cc1. The minimum Gasteiger partial charge on any atom is -0.497 e. The molecule has 1 aromatic carbocycles. The fourth-order valence-electron chi connectivity index (χ4n) is 3.60. The van der Waals surface area contributed by atoms with Crippen molar-refractivity contribution in [2.45, 2.75) is 58.5 Å². The minimum absolute atomic E-state index is 0.136. The second-order valence-corrected chi connectivity index (χ2v) is 6.86. The first-order valence-corrected chi connectivity index (χ1v) is 8.91. The number of nitrogens with zero attached hydrogens (tertiary/aromatic N) is 2. The monoisotopic (exact) mass is 342 g/mol. The number of carbonyl (C=O) groups excluding carboxylic acids is 1.